The zero-order valence-electron chi connectivity index (χ0n) is 16.8. The van der Waals surface area contributed by atoms with Crippen LogP contribution in [-0.2, 0) is 16.1 Å². The van der Waals surface area contributed by atoms with Gasteiger partial charge in [0.25, 0.3) is 0 Å². The Kier molecular flexibility index (Phi) is 6.13. The van der Waals surface area contributed by atoms with Crippen molar-refractivity contribution in [3.8, 4) is 0 Å². The van der Waals surface area contributed by atoms with E-state index in [1.165, 1.54) is 6.42 Å². The molecular formula is C24H29N3O2. The molecule has 5 heteroatoms. The fraction of sp³-hybridized carbons (Fsp3) is 0.417. The fourth-order valence-electron chi connectivity index (χ4n) is 4.25. The zero-order valence-corrected chi connectivity index (χ0v) is 16.8. The number of benzene rings is 2. The van der Waals surface area contributed by atoms with Crippen LogP contribution in [0.3, 0.4) is 0 Å². The number of hydrogen-bond donors (Lipinski definition) is 1. The quantitative estimate of drug-likeness (QED) is 0.811. The number of piperidine rings is 1. The Balaban J connectivity index is 1.53. The zero-order chi connectivity index (χ0) is 20.1. The third-order valence-corrected chi connectivity index (χ3v) is 5.83. The van der Waals surface area contributed by atoms with Gasteiger partial charge in [0.1, 0.15) is 6.04 Å². The summed E-state index contributed by atoms with van der Waals surface area (Å²) in [5, 5.41) is 3.47. The maximum absolute atomic E-state index is 13.3. The summed E-state index contributed by atoms with van der Waals surface area (Å²) >= 11 is 0. The van der Waals surface area contributed by atoms with E-state index in [0.717, 1.165) is 55.7 Å². The molecular weight excluding hydrogens is 362 g/mol. The van der Waals surface area contributed by atoms with Crippen LogP contribution in [0.25, 0.3) is 0 Å². The number of nitrogens with one attached hydrogen (secondary N) is 1. The van der Waals surface area contributed by atoms with Crippen molar-refractivity contribution in [2.24, 2.45) is 0 Å². The summed E-state index contributed by atoms with van der Waals surface area (Å²) in [6.07, 6.45) is 4.94. The highest BCUT2D eigenvalue weighted by molar-refractivity contribution is 5.86. The molecule has 29 heavy (non-hydrogen) atoms. The first kappa shape index (κ1) is 19.5. The average molecular weight is 392 g/mol. The second-order valence-corrected chi connectivity index (χ2v) is 7.99. The lowest BCUT2D eigenvalue weighted by Crippen LogP contribution is -2.41. The lowest BCUT2D eigenvalue weighted by molar-refractivity contribution is -0.133. The van der Waals surface area contributed by atoms with Crippen LogP contribution < -0.4 is 5.32 Å². The average Bonchev–Trinajstić information content (AvgIpc) is 3.17. The highest BCUT2D eigenvalue weighted by Crippen LogP contribution is 2.25. The van der Waals surface area contributed by atoms with Crippen molar-refractivity contribution in [3.63, 3.8) is 0 Å². The van der Waals surface area contributed by atoms with Crippen LogP contribution in [-0.4, -0.2) is 41.2 Å². The normalized spacial score (nSPS) is 18.0. The molecule has 2 aromatic carbocycles. The van der Waals surface area contributed by atoms with E-state index in [4.69, 9.17) is 0 Å². The number of nitrogens with zero attached hydrogens (tertiary/aromatic N) is 2. The summed E-state index contributed by atoms with van der Waals surface area (Å²) in [4.78, 5) is 29.2. The van der Waals surface area contributed by atoms with E-state index in [1.54, 1.807) is 0 Å². The largest absolute Gasteiger partial charge is 0.370 e. The molecule has 0 spiro atoms. The van der Waals surface area contributed by atoms with Gasteiger partial charge in [0, 0.05) is 38.3 Å². The van der Waals surface area contributed by atoms with E-state index in [1.807, 2.05) is 58.3 Å². The van der Waals surface area contributed by atoms with Gasteiger partial charge in [-0.25, -0.2) is 0 Å². The van der Waals surface area contributed by atoms with Crippen LogP contribution in [0.4, 0.5) is 5.69 Å². The fourth-order valence-corrected chi connectivity index (χ4v) is 4.25. The number of carbonyl (C=O) groups is 2. The van der Waals surface area contributed by atoms with Gasteiger partial charge in [-0.3, -0.25) is 9.59 Å². The van der Waals surface area contributed by atoms with Crippen molar-refractivity contribution in [3.05, 3.63) is 65.7 Å². The Labute approximate surface area is 172 Å². The molecule has 2 amide bonds. The molecule has 4 rings (SSSR count). The molecule has 0 saturated carbocycles. The number of carbonyl (C=O) groups excluding carboxylic acids is 2. The van der Waals surface area contributed by atoms with Crippen LogP contribution in [0.2, 0.25) is 0 Å². The Bertz CT molecular complexity index is 846. The summed E-state index contributed by atoms with van der Waals surface area (Å²) in [6, 6.07) is 17.6. The monoisotopic (exact) mass is 391 g/mol. The topological polar surface area (TPSA) is 52.7 Å². The Hall–Kier alpha value is -2.82. The molecule has 2 saturated heterocycles. The minimum Gasteiger partial charge on any atom is -0.370 e. The maximum atomic E-state index is 13.3. The van der Waals surface area contributed by atoms with Crippen molar-refractivity contribution in [1.29, 1.82) is 0 Å². The summed E-state index contributed by atoms with van der Waals surface area (Å²) < 4.78 is 0. The second kappa shape index (κ2) is 9.12. The van der Waals surface area contributed by atoms with E-state index in [2.05, 4.69) is 11.4 Å². The standard InChI is InChI=1S/C24H29N3O2/c28-22-13-8-16-27(22)18-19-9-7-12-21(17-19)25-23(20-10-3-1-4-11-20)24(29)26-14-5-2-6-15-26/h1,3-4,7,9-12,17,23,25H,2,5-6,8,13-16,18H2/t23-/m0/s1. The van der Waals surface area contributed by atoms with Gasteiger partial charge in [0.2, 0.25) is 11.8 Å². The Morgan fingerprint density at radius 2 is 1.72 bits per heavy atom. The maximum Gasteiger partial charge on any atom is 0.249 e. The number of hydrogen-bond acceptors (Lipinski definition) is 3. The smallest absolute Gasteiger partial charge is 0.249 e. The van der Waals surface area contributed by atoms with E-state index in [9.17, 15) is 9.59 Å². The van der Waals surface area contributed by atoms with Crippen molar-refractivity contribution >= 4 is 17.5 Å². The van der Waals surface area contributed by atoms with E-state index < -0.39 is 6.04 Å². The van der Waals surface area contributed by atoms with Gasteiger partial charge in [-0.05, 0) is 48.9 Å². The molecule has 2 heterocycles. The summed E-state index contributed by atoms with van der Waals surface area (Å²) in [5.41, 5.74) is 2.97. The molecule has 0 aliphatic carbocycles. The Morgan fingerprint density at radius 3 is 2.45 bits per heavy atom. The van der Waals surface area contributed by atoms with Crippen LogP contribution in [0.5, 0.6) is 0 Å². The number of rotatable bonds is 6. The van der Waals surface area contributed by atoms with Crippen molar-refractivity contribution in [2.45, 2.75) is 44.7 Å². The van der Waals surface area contributed by atoms with Gasteiger partial charge in [-0.1, -0.05) is 42.5 Å². The van der Waals surface area contributed by atoms with Gasteiger partial charge < -0.3 is 15.1 Å². The number of anilines is 1. The molecule has 5 nitrogen and oxygen atoms in total. The molecule has 152 valence electrons. The highest BCUT2D eigenvalue weighted by atomic mass is 16.2. The van der Waals surface area contributed by atoms with Gasteiger partial charge >= 0.3 is 0 Å². The SMILES string of the molecule is O=C1CCCN1Cc1cccc(N[C@H](C(=O)N2CCCCC2)c2ccccc2)c1. The first-order chi connectivity index (χ1) is 14.2. The molecule has 1 N–H and O–H groups in total. The van der Waals surface area contributed by atoms with Gasteiger partial charge in [-0.2, -0.15) is 0 Å². The van der Waals surface area contributed by atoms with Crippen molar-refractivity contribution < 1.29 is 9.59 Å². The highest BCUT2D eigenvalue weighted by Gasteiger charge is 2.27. The molecule has 0 radical (unpaired) electrons. The first-order valence-corrected chi connectivity index (χ1v) is 10.7. The van der Waals surface area contributed by atoms with Crippen molar-refractivity contribution in [1.82, 2.24) is 9.80 Å². The molecule has 0 aromatic heterocycles. The lowest BCUT2D eigenvalue weighted by atomic mass is 10.0. The molecule has 2 aliphatic rings. The summed E-state index contributed by atoms with van der Waals surface area (Å²) in [7, 11) is 0. The van der Waals surface area contributed by atoms with Crippen LogP contribution in [0.15, 0.2) is 54.6 Å². The van der Waals surface area contributed by atoms with E-state index in [-0.39, 0.29) is 11.8 Å². The van der Waals surface area contributed by atoms with E-state index in [0.29, 0.717) is 13.0 Å². The molecule has 0 unspecified atom stereocenters. The minimum atomic E-state index is -0.405. The summed E-state index contributed by atoms with van der Waals surface area (Å²) in [5.74, 6) is 0.363. The molecule has 2 aromatic rings. The van der Waals surface area contributed by atoms with Crippen LogP contribution in [0, 0.1) is 0 Å². The molecule has 0 bridgehead atoms. The first-order valence-electron chi connectivity index (χ1n) is 10.7. The Morgan fingerprint density at radius 1 is 0.931 bits per heavy atom. The van der Waals surface area contributed by atoms with Gasteiger partial charge in [0.15, 0.2) is 0 Å². The van der Waals surface area contributed by atoms with Crippen molar-refractivity contribution in [2.75, 3.05) is 25.0 Å². The third kappa shape index (κ3) is 4.78. The van der Waals surface area contributed by atoms with Gasteiger partial charge in [0.05, 0.1) is 0 Å². The van der Waals surface area contributed by atoms with Gasteiger partial charge in [-0.15, -0.1) is 0 Å². The third-order valence-electron chi connectivity index (χ3n) is 5.83. The van der Waals surface area contributed by atoms with Crippen LogP contribution in [0.1, 0.15) is 49.3 Å². The van der Waals surface area contributed by atoms with Crippen LogP contribution >= 0.6 is 0 Å². The minimum absolute atomic E-state index is 0.135. The predicted octanol–water partition coefficient (Wildman–Crippen LogP) is 3.97. The lowest BCUT2D eigenvalue weighted by Gasteiger charge is -2.31. The number of likely N-dealkylation sites (tertiary alicyclic amines) is 2. The predicted molar refractivity (Wildman–Crippen MR) is 114 cm³/mol. The van der Waals surface area contributed by atoms with E-state index >= 15 is 0 Å². The molecule has 2 fully saturated rings. The number of amides is 2. The second-order valence-electron chi connectivity index (χ2n) is 7.99. The molecule has 1 atom stereocenters. The molecule has 2 aliphatic heterocycles. The summed E-state index contributed by atoms with van der Waals surface area (Å²) in [6.45, 7) is 3.13.